The van der Waals surface area contributed by atoms with E-state index in [4.69, 9.17) is 16.3 Å². The highest BCUT2D eigenvalue weighted by molar-refractivity contribution is 6.30. The molecule has 0 aliphatic carbocycles. The fraction of sp³-hybridized carbons (Fsp3) is 0.267. The number of carbonyl (C=O) groups excluding carboxylic acids is 1. The lowest BCUT2D eigenvalue weighted by Crippen LogP contribution is -2.06. The van der Waals surface area contributed by atoms with Gasteiger partial charge in [0.1, 0.15) is 0 Å². The van der Waals surface area contributed by atoms with E-state index in [-0.39, 0.29) is 12.3 Å². The Balaban J connectivity index is 2.64. The van der Waals surface area contributed by atoms with E-state index in [0.29, 0.717) is 27.5 Å². The first kappa shape index (κ1) is 16.0. The standard InChI is InChI=1S/C15H15ClN2O4/c1-4-22-15(21)10-6-12(18(3)8(10)2)11-5-9(16)7-17-13(11)14(19)20/h5-7H,4H2,1-3H3,(H,19,20). The molecule has 0 amide bonds. The highest BCUT2D eigenvalue weighted by Crippen LogP contribution is 2.29. The van der Waals surface area contributed by atoms with E-state index in [0.717, 1.165) is 0 Å². The molecule has 0 aliphatic heterocycles. The highest BCUT2D eigenvalue weighted by Gasteiger charge is 2.22. The van der Waals surface area contributed by atoms with Gasteiger partial charge in [-0.15, -0.1) is 0 Å². The Labute approximate surface area is 132 Å². The Kier molecular flexibility index (Phi) is 4.51. The Morgan fingerprint density at radius 2 is 2.09 bits per heavy atom. The van der Waals surface area contributed by atoms with Crippen LogP contribution in [0, 0.1) is 6.92 Å². The van der Waals surface area contributed by atoms with Crippen molar-refractivity contribution < 1.29 is 19.4 Å². The van der Waals surface area contributed by atoms with E-state index in [9.17, 15) is 14.7 Å². The highest BCUT2D eigenvalue weighted by atomic mass is 35.5. The van der Waals surface area contributed by atoms with E-state index in [2.05, 4.69) is 4.98 Å². The largest absolute Gasteiger partial charge is 0.476 e. The molecular weight excluding hydrogens is 308 g/mol. The van der Waals surface area contributed by atoms with Crippen LogP contribution in [-0.2, 0) is 11.8 Å². The van der Waals surface area contributed by atoms with Gasteiger partial charge in [-0.3, -0.25) is 0 Å². The molecule has 7 heteroatoms. The SMILES string of the molecule is CCOC(=O)c1cc(-c2cc(Cl)cnc2C(=O)O)n(C)c1C. The van der Waals surface area contributed by atoms with Crippen LogP contribution >= 0.6 is 11.6 Å². The molecule has 0 aromatic carbocycles. The normalized spacial score (nSPS) is 10.5. The summed E-state index contributed by atoms with van der Waals surface area (Å²) >= 11 is 5.93. The first-order valence-electron chi connectivity index (χ1n) is 6.59. The molecule has 1 N–H and O–H groups in total. The molecular formula is C15H15ClN2O4. The summed E-state index contributed by atoms with van der Waals surface area (Å²) in [5.41, 5.74) is 1.81. The molecule has 0 fully saturated rings. The third-order valence-corrected chi connectivity index (χ3v) is 3.57. The molecule has 0 spiro atoms. The lowest BCUT2D eigenvalue weighted by Gasteiger charge is -2.08. The van der Waals surface area contributed by atoms with Crippen molar-refractivity contribution in [2.24, 2.45) is 7.05 Å². The van der Waals surface area contributed by atoms with E-state index < -0.39 is 11.9 Å². The van der Waals surface area contributed by atoms with Gasteiger partial charge in [-0.25, -0.2) is 14.6 Å². The zero-order chi connectivity index (χ0) is 16.4. The van der Waals surface area contributed by atoms with Crippen molar-refractivity contribution >= 4 is 23.5 Å². The van der Waals surface area contributed by atoms with E-state index in [1.54, 1.807) is 31.5 Å². The maximum absolute atomic E-state index is 12.0. The number of rotatable bonds is 4. The molecule has 2 heterocycles. The minimum atomic E-state index is -1.16. The number of aromatic nitrogens is 2. The van der Waals surface area contributed by atoms with Crippen LogP contribution in [0.25, 0.3) is 11.3 Å². The lowest BCUT2D eigenvalue weighted by atomic mass is 10.1. The summed E-state index contributed by atoms with van der Waals surface area (Å²) in [6.07, 6.45) is 1.27. The van der Waals surface area contributed by atoms with Gasteiger partial charge in [-0.1, -0.05) is 11.6 Å². The van der Waals surface area contributed by atoms with Crippen LogP contribution < -0.4 is 0 Å². The number of aromatic carboxylic acids is 1. The van der Waals surface area contributed by atoms with Crippen LogP contribution in [0.3, 0.4) is 0 Å². The Hall–Kier alpha value is -2.34. The third-order valence-electron chi connectivity index (χ3n) is 3.36. The molecule has 2 aromatic rings. The van der Waals surface area contributed by atoms with Gasteiger partial charge in [0.25, 0.3) is 0 Å². The summed E-state index contributed by atoms with van der Waals surface area (Å²) in [6.45, 7) is 3.75. The average Bonchev–Trinajstić information content (AvgIpc) is 2.75. The van der Waals surface area contributed by atoms with Crippen LogP contribution in [0.2, 0.25) is 5.02 Å². The summed E-state index contributed by atoms with van der Waals surface area (Å²) in [6, 6.07) is 3.11. The number of carboxylic acids is 1. The summed E-state index contributed by atoms with van der Waals surface area (Å²) in [5.74, 6) is -1.61. The van der Waals surface area contributed by atoms with Crippen molar-refractivity contribution in [2.45, 2.75) is 13.8 Å². The smallest absolute Gasteiger partial charge is 0.355 e. The summed E-state index contributed by atoms with van der Waals surface area (Å²) in [4.78, 5) is 27.1. The molecule has 0 unspecified atom stereocenters. The zero-order valence-electron chi connectivity index (χ0n) is 12.4. The number of hydrogen-bond donors (Lipinski definition) is 1. The van der Waals surface area contributed by atoms with Crippen molar-refractivity contribution in [1.82, 2.24) is 9.55 Å². The molecule has 22 heavy (non-hydrogen) atoms. The maximum Gasteiger partial charge on any atom is 0.355 e. The molecule has 0 radical (unpaired) electrons. The molecule has 0 saturated carbocycles. The lowest BCUT2D eigenvalue weighted by molar-refractivity contribution is 0.0525. The second kappa shape index (κ2) is 6.19. The van der Waals surface area contributed by atoms with Gasteiger partial charge in [0.15, 0.2) is 5.69 Å². The predicted molar refractivity (Wildman–Crippen MR) is 81.3 cm³/mol. The van der Waals surface area contributed by atoms with Crippen molar-refractivity contribution in [2.75, 3.05) is 6.61 Å². The summed E-state index contributed by atoms with van der Waals surface area (Å²) in [7, 11) is 1.74. The molecule has 0 atom stereocenters. The first-order chi connectivity index (χ1) is 10.4. The van der Waals surface area contributed by atoms with Crippen molar-refractivity contribution in [3.63, 3.8) is 0 Å². The molecule has 2 aromatic heterocycles. The van der Waals surface area contributed by atoms with Crippen molar-refractivity contribution in [1.29, 1.82) is 0 Å². The fourth-order valence-electron chi connectivity index (χ4n) is 2.18. The maximum atomic E-state index is 12.0. The number of halogens is 1. The van der Waals surface area contributed by atoms with Crippen molar-refractivity contribution in [3.8, 4) is 11.3 Å². The number of carbonyl (C=O) groups is 2. The van der Waals surface area contributed by atoms with Gasteiger partial charge < -0.3 is 14.4 Å². The van der Waals surface area contributed by atoms with Gasteiger partial charge in [0.2, 0.25) is 0 Å². The molecule has 0 bridgehead atoms. The number of hydrogen-bond acceptors (Lipinski definition) is 4. The summed E-state index contributed by atoms with van der Waals surface area (Å²) < 4.78 is 6.72. The second-order valence-electron chi connectivity index (χ2n) is 4.66. The number of nitrogens with zero attached hydrogens (tertiary/aromatic N) is 2. The molecule has 2 rings (SSSR count). The topological polar surface area (TPSA) is 81.4 Å². The van der Waals surface area contributed by atoms with Crippen LogP contribution in [0.4, 0.5) is 0 Å². The van der Waals surface area contributed by atoms with Gasteiger partial charge in [0.05, 0.1) is 22.9 Å². The van der Waals surface area contributed by atoms with Gasteiger partial charge >= 0.3 is 11.9 Å². The molecule has 0 aliphatic rings. The van der Waals surface area contributed by atoms with Crippen LogP contribution in [0.15, 0.2) is 18.3 Å². The monoisotopic (exact) mass is 322 g/mol. The summed E-state index contributed by atoms with van der Waals surface area (Å²) in [5, 5.41) is 9.59. The van der Waals surface area contributed by atoms with E-state index >= 15 is 0 Å². The fourth-order valence-corrected chi connectivity index (χ4v) is 2.34. The van der Waals surface area contributed by atoms with Crippen LogP contribution in [-0.4, -0.2) is 33.2 Å². The Morgan fingerprint density at radius 3 is 2.68 bits per heavy atom. The molecule has 6 nitrogen and oxygen atoms in total. The number of esters is 1. The zero-order valence-corrected chi connectivity index (χ0v) is 13.1. The number of pyridine rings is 1. The Morgan fingerprint density at radius 1 is 1.41 bits per heavy atom. The predicted octanol–water partition coefficient (Wildman–Crippen LogP) is 2.92. The van der Waals surface area contributed by atoms with E-state index in [1.165, 1.54) is 12.3 Å². The van der Waals surface area contributed by atoms with Crippen LogP contribution in [0.5, 0.6) is 0 Å². The Bertz CT molecular complexity index is 752. The minimum absolute atomic E-state index is 0.125. The molecule has 116 valence electrons. The van der Waals surface area contributed by atoms with Crippen molar-refractivity contribution in [3.05, 3.63) is 40.3 Å². The van der Waals surface area contributed by atoms with E-state index in [1.807, 2.05) is 0 Å². The van der Waals surface area contributed by atoms with Gasteiger partial charge in [-0.2, -0.15) is 0 Å². The molecule has 0 saturated heterocycles. The quantitative estimate of drug-likeness (QED) is 0.875. The number of ether oxygens (including phenoxy) is 1. The van der Waals surface area contributed by atoms with Gasteiger partial charge in [0, 0.05) is 24.5 Å². The number of carboxylic acid groups (broad SMARTS) is 1. The second-order valence-corrected chi connectivity index (χ2v) is 5.10. The minimum Gasteiger partial charge on any atom is -0.476 e. The van der Waals surface area contributed by atoms with Crippen LogP contribution in [0.1, 0.15) is 33.5 Å². The average molecular weight is 323 g/mol. The third kappa shape index (κ3) is 2.82. The first-order valence-corrected chi connectivity index (χ1v) is 6.97. The van der Waals surface area contributed by atoms with Gasteiger partial charge in [-0.05, 0) is 26.0 Å².